The lowest BCUT2D eigenvalue weighted by atomic mass is 10.3. The van der Waals surface area contributed by atoms with Crippen molar-refractivity contribution in [1.82, 2.24) is 4.98 Å². The average molecular weight is 236 g/mol. The molecule has 0 bridgehead atoms. The molecule has 0 aliphatic carbocycles. The smallest absolute Gasteiger partial charge is 0.211 e. The van der Waals surface area contributed by atoms with Crippen LogP contribution in [0.15, 0.2) is 36.5 Å². The van der Waals surface area contributed by atoms with Crippen LogP contribution in [0, 0.1) is 0 Å². The fourth-order valence-electron chi connectivity index (χ4n) is 1.34. The van der Waals surface area contributed by atoms with Crippen molar-refractivity contribution in [3.8, 4) is 0 Å². The second-order valence-electron chi connectivity index (χ2n) is 3.17. The molecule has 0 atom stereocenters. The Hall–Kier alpha value is -1.94. The van der Waals surface area contributed by atoms with Gasteiger partial charge in [0.2, 0.25) is 6.41 Å². The Morgan fingerprint density at radius 3 is 2.81 bits per heavy atom. The molecule has 2 rings (SSSR count). The van der Waals surface area contributed by atoms with E-state index in [1.165, 1.54) is 0 Å². The van der Waals surface area contributed by atoms with Gasteiger partial charge in [0.1, 0.15) is 5.82 Å². The maximum absolute atomic E-state index is 10.3. The number of H-pyrrole nitrogens is 1. The van der Waals surface area contributed by atoms with Gasteiger partial charge in [0.25, 0.3) is 0 Å². The minimum atomic E-state index is 0.489. The summed E-state index contributed by atoms with van der Waals surface area (Å²) in [6, 6.07) is 9.12. The first-order valence-corrected chi connectivity index (χ1v) is 5.07. The number of hydrogen-bond acceptors (Lipinski definition) is 2. The Kier molecular flexibility index (Phi) is 3.12. The zero-order chi connectivity index (χ0) is 11.4. The van der Waals surface area contributed by atoms with Crippen LogP contribution in [0.1, 0.15) is 0 Å². The van der Waals surface area contributed by atoms with E-state index in [-0.39, 0.29) is 0 Å². The van der Waals surface area contributed by atoms with Gasteiger partial charge in [-0.1, -0.05) is 11.6 Å². The predicted molar refractivity (Wildman–Crippen MR) is 65.2 cm³/mol. The minimum absolute atomic E-state index is 0.489. The molecule has 0 saturated carbocycles. The number of carbonyl (C=O) groups is 1. The monoisotopic (exact) mass is 235 g/mol. The molecule has 1 aromatic heterocycles. The summed E-state index contributed by atoms with van der Waals surface area (Å²) >= 11 is 5.98. The first-order valence-electron chi connectivity index (χ1n) is 4.70. The molecule has 0 radical (unpaired) electrons. The Labute approximate surface area is 97.6 Å². The number of amides is 1. The van der Waals surface area contributed by atoms with Gasteiger partial charge in [0, 0.05) is 11.9 Å². The largest absolute Gasteiger partial charge is 0.348 e. The zero-order valence-corrected chi connectivity index (χ0v) is 9.08. The summed E-state index contributed by atoms with van der Waals surface area (Å²) in [5.41, 5.74) is 1.44. The third-order valence-corrected chi connectivity index (χ3v) is 2.37. The van der Waals surface area contributed by atoms with E-state index >= 15 is 0 Å². The molecule has 0 aliphatic heterocycles. The quantitative estimate of drug-likeness (QED) is 0.714. The second kappa shape index (κ2) is 4.72. The topological polar surface area (TPSA) is 56.9 Å². The van der Waals surface area contributed by atoms with Crippen LogP contribution in [-0.4, -0.2) is 11.4 Å². The van der Waals surface area contributed by atoms with Crippen molar-refractivity contribution < 1.29 is 4.79 Å². The van der Waals surface area contributed by atoms with Crippen LogP contribution in [-0.2, 0) is 4.79 Å². The van der Waals surface area contributed by atoms with Crippen LogP contribution in [0.2, 0.25) is 5.02 Å². The summed E-state index contributed by atoms with van der Waals surface area (Å²) in [4.78, 5) is 13.3. The number of nitrogens with one attached hydrogen (secondary N) is 3. The maximum Gasteiger partial charge on any atom is 0.211 e. The molecular weight excluding hydrogens is 226 g/mol. The fourth-order valence-corrected chi connectivity index (χ4v) is 1.57. The third-order valence-electron chi connectivity index (χ3n) is 2.06. The number of halogens is 1. The molecular formula is C11H10ClN3O. The number of benzene rings is 1. The minimum Gasteiger partial charge on any atom is -0.348 e. The summed E-state index contributed by atoms with van der Waals surface area (Å²) in [5.74, 6) is 0.882. The predicted octanol–water partition coefficient (Wildman–Crippen LogP) is 2.98. The highest BCUT2D eigenvalue weighted by Gasteiger charge is 2.01. The molecule has 1 amide bonds. The van der Waals surface area contributed by atoms with Gasteiger partial charge in [0.15, 0.2) is 0 Å². The zero-order valence-electron chi connectivity index (χ0n) is 8.33. The summed E-state index contributed by atoms with van der Waals surface area (Å²) in [6.07, 6.45) is 2.42. The van der Waals surface area contributed by atoms with Gasteiger partial charge in [-0.3, -0.25) is 4.79 Å². The average Bonchev–Trinajstić information content (AvgIpc) is 2.75. The molecule has 82 valence electrons. The van der Waals surface area contributed by atoms with Crippen LogP contribution in [0.25, 0.3) is 0 Å². The number of aromatic amines is 1. The van der Waals surface area contributed by atoms with Crippen molar-refractivity contribution in [2.45, 2.75) is 0 Å². The van der Waals surface area contributed by atoms with Crippen molar-refractivity contribution in [1.29, 1.82) is 0 Å². The summed E-state index contributed by atoms with van der Waals surface area (Å²) < 4.78 is 0. The van der Waals surface area contributed by atoms with Gasteiger partial charge >= 0.3 is 0 Å². The van der Waals surface area contributed by atoms with Crippen molar-refractivity contribution in [2.24, 2.45) is 0 Å². The van der Waals surface area contributed by atoms with Crippen molar-refractivity contribution in [3.63, 3.8) is 0 Å². The van der Waals surface area contributed by atoms with Gasteiger partial charge in [-0.05, 0) is 30.3 Å². The van der Waals surface area contributed by atoms with E-state index in [4.69, 9.17) is 11.6 Å². The van der Waals surface area contributed by atoms with Crippen LogP contribution in [0.3, 0.4) is 0 Å². The SMILES string of the molecule is O=CNc1ccc(Nc2ccc[nH]2)cc1Cl. The molecule has 0 unspecified atom stereocenters. The first-order chi connectivity index (χ1) is 7.79. The highest BCUT2D eigenvalue weighted by molar-refractivity contribution is 6.33. The molecule has 16 heavy (non-hydrogen) atoms. The highest BCUT2D eigenvalue weighted by atomic mass is 35.5. The van der Waals surface area contributed by atoms with Gasteiger partial charge in [-0.2, -0.15) is 0 Å². The highest BCUT2D eigenvalue weighted by Crippen LogP contribution is 2.26. The Morgan fingerprint density at radius 2 is 2.19 bits per heavy atom. The van der Waals surface area contributed by atoms with Gasteiger partial charge < -0.3 is 15.6 Å². The Bertz CT molecular complexity index is 482. The lowest BCUT2D eigenvalue weighted by Crippen LogP contribution is -1.96. The Balaban J connectivity index is 2.17. The maximum atomic E-state index is 10.3. The normalized spacial score (nSPS) is 9.81. The van der Waals surface area contributed by atoms with Crippen LogP contribution in [0.4, 0.5) is 17.2 Å². The van der Waals surface area contributed by atoms with Gasteiger partial charge in [0.05, 0.1) is 10.7 Å². The Morgan fingerprint density at radius 1 is 1.31 bits per heavy atom. The molecule has 0 aliphatic rings. The van der Waals surface area contributed by atoms with Gasteiger partial charge in [-0.15, -0.1) is 0 Å². The number of carbonyl (C=O) groups excluding carboxylic acids is 1. The van der Waals surface area contributed by atoms with E-state index in [0.29, 0.717) is 17.1 Å². The third kappa shape index (κ3) is 2.35. The van der Waals surface area contributed by atoms with Crippen molar-refractivity contribution in [2.75, 3.05) is 10.6 Å². The van der Waals surface area contributed by atoms with E-state index in [9.17, 15) is 4.79 Å². The molecule has 5 heteroatoms. The summed E-state index contributed by atoms with van der Waals surface area (Å²) in [6.45, 7) is 0. The first kappa shape index (κ1) is 10.6. The number of hydrogen-bond donors (Lipinski definition) is 3. The van der Waals surface area contributed by atoms with E-state index in [0.717, 1.165) is 11.5 Å². The molecule has 0 saturated heterocycles. The molecule has 2 aromatic rings. The number of rotatable bonds is 4. The van der Waals surface area contributed by atoms with Crippen molar-refractivity contribution in [3.05, 3.63) is 41.6 Å². The van der Waals surface area contributed by atoms with E-state index in [1.807, 2.05) is 24.4 Å². The fraction of sp³-hybridized carbons (Fsp3) is 0. The van der Waals surface area contributed by atoms with E-state index in [1.54, 1.807) is 12.1 Å². The molecule has 0 spiro atoms. The molecule has 4 nitrogen and oxygen atoms in total. The summed E-state index contributed by atoms with van der Waals surface area (Å²) in [7, 11) is 0. The second-order valence-corrected chi connectivity index (χ2v) is 3.57. The lowest BCUT2D eigenvalue weighted by Gasteiger charge is -2.07. The molecule has 0 fully saturated rings. The standard InChI is InChI=1S/C11H10ClN3O/c12-9-6-8(3-4-10(9)14-7-16)15-11-2-1-5-13-11/h1-7,13,15H,(H,14,16). The van der Waals surface area contributed by atoms with Gasteiger partial charge in [-0.25, -0.2) is 0 Å². The number of aromatic nitrogens is 1. The van der Waals surface area contributed by atoms with E-state index < -0.39 is 0 Å². The lowest BCUT2D eigenvalue weighted by molar-refractivity contribution is -0.105. The molecule has 1 aromatic carbocycles. The van der Waals surface area contributed by atoms with Crippen LogP contribution < -0.4 is 10.6 Å². The van der Waals surface area contributed by atoms with E-state index in [2.05, 4.69) is 15.6 Å². The van der Waals surface area contributed by atoms with Crippen molar-refractivity contribution >= 4 is 35.2 Å². The van der Waals surface area contributed by atoms with Crippen LogP contribution >= 0.6 is 11.6 Å². The molecule has 1 heterocycles. The number of anilines is 3. The molecule has 3 N–H and O–H groups in total. The van der Waals surface area contributed by atoms with Crippen LogP contribution in [0.5, 0.6) is 0 Å². The summed E-state index contributed by atoms with van der Waals surface area (Å²) in [5, 5.41) is 6.14.